The van der Waals surface area contributed by atoms with Crippen molar-refractivity contribution in [3.05, 3.63) is 27.9 Å². The molecule has 0 aliphatic carbocycles. The molecule has 0 aliphatic heterocycles. The maximum Gasteiger partial charge on any atom is 0.288 e. The first kappa shape index (κ1) is 15.8. The normalized spacial score (nSPS) is 11.8. The average Bonchev–Trinajstić information content (AvgIpc) is 2.44. The van der Waals surface area contributed by atoms with Crippen molar-refractivity contribution in [1.29, 1.82) is 0 Å². The first-order valence-corrected chi connectivity index (χ1v) is 6.11. The number of nitrogens with one attached hydrogen (secondary N) is 2. The highest BCUT2D eigenvalue weighted by atomic mass is 16.6. The number of rotatable bonds is 7. The van der Waals surface area contributed by atoms with Crippen LogP contribution < -0.4 is 10.6 Å². The van der Waals surface area contributed by atoms with Crippen LogP contribution in [-0.4, -0.2) is 42.6 Å². The zero-order valence-electron chi connectivity index (χ0n) is 11.7. The highest BCUT2D eigenvalue weighted by molar-refractivity contribution is 5.99. The van der Waals surface area contributed by atoms with Gasteiger partial charge in [-0.05, 0) is 13.3 Å². The lowest BCUT2D eigenvalue weighted by atomic mass is 10.2. The van der Waals surface area contributed by atoms with Crippen LogP contribution in [0.3, 0.4) is 0 Å². The molecule has 1 heterocycles. The zero-order valence-corrected chi connectivity index (χ0v) is 11.7. The van der Waals surface area contributed by atoms with Gasteiger partial charge >= 0.3 is 0 Å². The fourth-order valence-corrected chi connectivity index (χ4v) is 1.59. The molecular formula is C12H18N4O4. The molecule has 8 nitrogen and oxygen atoms in total. The summed E-state index contributed by atoms with van der Waals surface area (Å²) in [5, 5.41) is 16.2. The summed E-state index contributed by atoms with van der Waals surface area (Å²) < 4.78 is 4.93. The summed E-state index contributed by atoms with van der Waals surface area (Å²) in [4.78, 5) is 26.1. The van der Waals surface area contributed by atoms with Crippen LogP contribution in [0, 0.1) is 10.1 Å². The molecule has 0 spiro atoms. The molecule has 1 unspecified atom stereocenters. The molecule has 0 bridgehead atoms. The second kappa shape index (κ2) is 7.39. The first-order valence-electron chi connectivity index (χ1n) is 6.11. The SMILES string of the molecule is CNc1ncc([N+](=O)[O-])cc1C(=O)NC(C)CCOC. The third kappa shape index (κ3) is 4.16. The van der Waals surface area contributed by atoms with Gasteiger partial charge in [0.05, 0.1) is 10.5 Å². The molecule has 1 rings (SSSR count). The standard InChI is InChI=1S/C12H18N4O4/c1-8(4-5-20-3)15-12(17)10-6-9(16(18)19)7-14-11(10)13-2/h6-8H,4-5H2,1-3H3,(H,13,14)(H,15,17). The fourth-order valence-electron chi connectivity index (χ4n) is 1.59. The Hall–Kier alpha value is -2.22. The topological polar surface area (TPSA) is 106 Å². The number of anilines is 1. The maximum atomic E-state index is 12.1. The molecule has 0 radical (unpaired) electrons. The van der Waals surface area contributed by atoms with Crippen molar-refractivity contribution in [2.45, 2.75) is 19.4 Å². The minimum atomic E-state index is -0.586. The van der Waals surface area contributed by atoms with E-state index in [9.17, 15) is 14.9 Å². The third-order valence-electron chi connectivity index (χ3n) is 2.70. The van der Waals surface area contributed by atoms with Gasteiger partial charge in [-0.15, -0.1) is 0 Å². The van der Waals surface area contributed by atoms with Gasteiger partial charge in [0.25, 0.3) is 11.6 Å². The highest BCUT2D eigenvalue weighted by Crippen LogP contribution is 2.18. The summed E-state index contributed by atoms with van der Waals surface area (Å²) in [6, 6.07) is 1.10. The Bertz CT molecular complexity index is 492. The number of amides is 1. The molecule has 0 aliphatic rings. The number of carbonyl (C=O) groups is 1. The van der Waals surface area contributed by atoms with Gasteiger partial charge in [0.2, 0.25) is 0 Å². The van der Waals surface area contributed by atoms with Crippen LogP contribution in [0.15, 0.2) is 12.3 Å². The Morgan fingerprint density at radius 1 is 1.60 bits per heavy atom. The number of nitrogens with zero attached hydrogens (tertiary/aromatic N) is 2. The Morgan fingerprint density at radius 2 is 2.30 bits per heavy atom. The first-order chi connectivity index (χ1) is 9.49. The van der Waals surface area contributed by atoms with Crippen molar-refractivity contribution >= 4 is 17.4 Å². The molecule has 1 aromatic heterocycles. The van der Waals surface area contributed by atoms with Gasteiger partial charge in [-0.2, -0.15) is 0 Å². The summed E-state index contributed by atoms with van der Waals surface area (Å²) >= 11 is 0. The lowest BCUT2D eigenvalue weighted by Gasteiger charge is -2.14. The van der Waals surface area contributed by atoms with Crippen LogP contribution in [0.2, 0.25) is 0 Å². The lowest BCUT2D eigenvalue weighted by molar-refractivity contribution is -0.385. The second-order valence-electron chi connectivity index (χ2n) is 4.25. The molecule has 1 aromatic rings. The van der Waals surface area contributed by atoms with E-state index in [1.165, 1.54) is 6.07 Å². The molecule has 20 heavy (non-hydrogen) atoms. The minimum absolute atomic E-state index is 0.105. The number of aromatic nitrogens is 1. The molecule has 0 saturated carbocycles. The van der Waals surface area contributed by atoms with Gasteiger partial charge < -0.3 is 15.4 Å². The summed E-state index contributed by atoms with van der Waals surface area (Å²) in [6.07, 6.45) is 1.76. The van der Waals surface area contributed by atoms with Gasteiger partial charge in [-0.1, -0.05) is 0 Å². The van der Waals surface area contributed by atoms with Crippen molar-refractivity contribution in [2.24, 2.45) is 0 Å². The summed E-state index contributed by atoms with van der Waals surface area (Å²) in [5.41, 5.74) is -0.0790. The number of ether oxygens (including phenoxy) is 1. The van der Waals surface area contributed by atoms with Crippen LogP contribution in [0.1, 0.15) is 23.7 Å². The number of carbonyl (C=O) groups excluding carboxylic acids is 1. The van der Waals surface area contributed by atoms with Gasteiger partial charge in [-0.25, -0.2) is 4.98 Å². The minimum Gasteiger partial charge on any atom is -0.385 e. The molecule has 1 atom stereocenters. The molecule has 0 saturated heterocycles. The lowest BCUT2D eigenvalue weighted by Crippen LogP contribution is -2.33. The zero-order chi connectivity index (χ0) is 15.1. The Labute approximate surface area is 116 Å². The van der Waals surface area contributed by atoms with Crippen LogP contribution in [-0.2, 0) is 4.74 Å². The molecule has 2 N–H and O–H groups in total. The van der Waals surface area contributed by atoms with E-state index in [0.717, 1.165) is 6.20 Å². The van der Waals surface area contributed by atoms with Crippen LogP contribution in [0.4, 0.5) is 11.5 Å². The summed E-state index contributed by atoms with van der Waals surface area (Å²) in [5.74, 6) is -0.110. The maximum absolute atomic E-state index is 12.1. The largest absolute Gasteiger partial charge is 0.385 e. The van der Waals surface area contributed by atoms with Crippen molar-refractivity contribution in [3.8, 4) is 0 Å². The number of methoxy groups -OCH3 is 1. The number of hydrogen-bond acceptors (Lipinski definition) is 6. The van der Waals surface area contributed by atoms with Crippen molar-refractivity contribution < 1.29 is 14.5 Å². The van der Waals surface area contributed by atoms with Crippen molar-refractivity contribution in [3.63, 3.8) is 0 Å². The number of nitro groups is 1. The van der Waals surface area contributed by atoms with Gasteiger partial charge in [0.1, 0.15) is 12.0 Å². The van der Waals surface area contributed by atoms with Crippen LogP contribution >= 0.6 is 0 Å². The van der Waals surface area contributed by atoms with E-state index in [0.29, 0.717) is 18.8 Å². The monoisotopic (exact) mass is 282 g/mol. The molecule has 0 fully saturated rings. The summed E-state index contributed by atoms with van der Waals surface area (Å²) in [6.45, 7) is 2.36. The van der Waals surface area contributed by atoms with E-state index in [-0.39, 0.29) is 17.3 Å². The van der Waals surface area contributed by atoms with Crippen LogP contribution in [0.5, 0.6) is 0 Å². The highest BCUT2D eigenvalue weighted by Gasteiger charge is 2.18. The molecule has 1 amide bonds. The third-order valence-corrected chi connectivity index (χ3v) is 2.70. The van der Waals surface area contributed by atoms with Crippen LogP contribution in [0.25, 0.3) is 0 Å². The van der Waals surface area contributed by atoms with E-state index in [4.69, 9.17) is 4.74 Å². The van der Waals surface area contributed by atoms with Crippen molar-refractivity contribution in [2.75, 3.05) is 26.1 Å². The van der Waals surface area contributed by atoms with E-state index in [1.807, 2.05) is 6.92 Å². The predicted molar refractivity (Wildman–Crippen MR) is 73.9 cm³/mol. The molecule has 0 aromatic carbocycles. The molecular weight excluding hydrogens is 264 g/mol. The second-order valence-corrected chi connectivity index (χ2v) is 4.25. The van der Waals surface area contributed by atoms with Crippen molar-refractivity contribution in [1.82, 2.24) is 10.3 Å². The molecule has 8 heteroatoms. The number of hydrogen-bond donors (Lipinski definition) is 2. The van der Waals surface area contributed by atoms with E-state index in [2.05, 4.69) is 15.6 Å². The van der Waals surface area contributed by atoms with E-state index < -0.39 is 10.8 Å². The average molecular weight is 282 g/mol. The van der Waals surface area contributed by atoms with Gasteiger partial charge in [0, 0.05) is 32.9 Å². The smallest absolute Gasteiger partial charge is 0.288 e. The van der Waals surface area contributed by atoms with Gasteiger partial charge in [-0.3, -0.25) is 14.9 Å². The Morgan fingerprint density at radius 3 is 2.85 bits per heavy atom. The Balaban J connectivity index is 2.89. The van der Waals surface area contributed by atoms with E-state index in [1.54, 1.807) is 14.2 Å². The summed E-state index contributed by atoms with van der Waals surface area (Å²) in [7, 11) is 3.18. The number of pyridine rings is 1. The molecule has 110 valence electrons. The fraction of sp³-hybridized carbons (Fsp3) is 0.500. The Kier molecular flexibility index (Phi) is 5.85. The predicted octanol–water partition coefficient (Wildman–Crippen LogP) is 1.19. The van der Waals surface area contributed by atoms with E-state index >= 15 is 0 Å². The van der Waals surface area contributed by atoms with Gasteiger partial charge in [0.15, 0.2) is 0 Å². The quantitative estimate of drug-likeness (QED) is 0.574.